The minimum atomic E-state index is -3.85. The first-order chi connectivity index (χ1) is 12.8. The predicted octanol–water partition coefficient (Wildman–Crippen LogP) is 1.91. The van der Waals surface area contributed by atoms with Crippen molar-refractivity contribution in [3.05, 3.63) is 47.5 Å². The maximum Gasteiger partial charge on any atom is 0.374 e. The van der Waals surface area contributed by atoms with Crippen LogP contribution in [0.2, 0.25) is 0 Å². The third kappa shape index (κ3) is 4.52. The van der Waals surface area contributed by atoms with E-state index < -0.39 is 39.3 Å². The smallest absolute Gasteiger partial charge is 0.374 e. The Morgan fingerprint density at radius 3 is 2.67 bits per heavy atom. The van der Waals surface area contributed by atoms with E-state index in [1.54, 1.807) is 0 Å². The molecule has 0 unspecified atom stereocenters. The lowest BCUT2D eigenvalue weighted by Crippen LogP contribution is -2.25. The van der Waals surface area contributed by atoms with Crippen molar-refractivity contribution in [2.75, 3.05) is 13.7 Å². The number of hydrogen-bond donors (Lipinski definition) is 1. The van der Waals surface area contributed by atoms with E-state index in [1.807, 2.05) is 0 Å². The Bertz CT molecular complexity index is 979. The van der Waals surface area contributed by atoms with Crippen molar-refractivity contribution in [1.82, 2.24) is 4.72 Å². The lowest BCUT2D eigenvalue weighted by atomic mass is 10.1. The molecular weight excluding hydrogens is 381 g/mol. The molecule has 10 heteroatoms. The second-order valence-electron chi connectivity index (χ2n) is 5.86. The Balaban J connectivity index is 1.64. The van der Waals surface area contributed by atoms with Crippen LogP contribution in [0.4, 0.5) is 4.39 Å². The molecule has 0 spiro atoms. The first-order valence-electron chi connectivity index (χ1n) is 7.96. The van der Waals surface area contributed by atoms with E-state index in [0.717, 1.165) is 37.1 Å². The number of esters is 1. The molecule has 1 aromatic carbocycles. The number of benzene rings is 1. The number of carbonyl (C=O) groups is 2. The number of sulfonamides is 1. The molecule has 0 radical (unpaired) electrons. The summed E-state index contributed by atoms with van der Waals surface area (Å²) in [6.07, 6.45) is 1.50. The Morgan fingerprint density at radius 2 is 2.00 bits per heavy atom. The van der Waals surface area contributed by atoms with Gasteiger partial charge in [0.1, 0.15) is 11.6 Å². The van der Waals surface area contributed by atoms with Crippen LogP contribution >= 0.6 is 0 Å². The molecule has 27 heavy (non-hydrogen) atoms. The number of rotatable bonds is 8. The van der Waals surface area contributed by atoms with Crippen LogP contribution in [0.5, 0.6) is 5.75 Å². The zero-order chi connectivity index (χ0) is 19.6. The van der Waals surface area contributed by atoms with Crippen molar-refractivity contribution in [3.63, 3.8) is 0 Å². The van der Waals surface area contributed by atoms with Crippen molar-refractivity contribution >= 4 is 21.8 Å². The van der Waals surface area contributed by atoms with Crippen LogP contribution in [0.3, 0.4) is 0 Å². The molecule has 0 aliphatic heterocycles. The first kappa shape index (κ1) is 19.1. The van der Waals surface area contributed by atoms with Crippen molar-refractivity contribution in [2.45, 2.75) is 24.0 Å². The van der Waals surface area contributed by atoms with Crippen molar-refractivity contribution < 1.29 is 36.3 Å². The van der Waals surface area contributed by atoms with Crippen LogP contribution in [-0.4, -0.2) is 39.9 Å². The summed E-state index contributed by atoms with van der Waals surface area (Å²) in [4.78, 5) is 24.1. The summed E-state index contributed by atoms with van der Waals surface area (Å²) in [5.74, 6) is -2.59. The molecule has 3 rings (SSSR count). The predicted molar refractivity (Wildman–Crippen MR) is 89.6 cm³/mol. The fraction of sp³-hybridized carbons (Fsp3) is 0.294. The zero-order valence-electron chi connectivity index (χ0n) is 14.2. The van der Waals surface area contributed by atoms with E-state index in [2.05, 4.69) is 4.72 Å². The monoisotopic (exact) mass is 397 g/mol. The third-order valence-corrected chi connectivity index (χ3v) is 5.14. The summed E-state index contributed by atoms with van der Waals surface area (Å²) < 4.78 is 54.6. The van der Waals surface area contributed by atoms with Crippen molar-refractivity contribution in [3.8, 4) is 5.75 Å². The number of carbonyl (C=O) groups excluding carboxylic acids is 2. The Labute approximate surface area is 154 Å². The van der Waals surface area contributed by atoms with Crippen LogP contribution < -0.4 is 9.46 Å². The summed E-state index contributed by atoms with van der Waals surface area (Å²) >= 11 is 0. The highest BCUT2D eigenvalue weighted by atomic mass is 32.2. The molecule has 2 aromatic rings. The number of nitrogens with one attached hydrogen (secondary N) is 1. The highest BCUT2D eigenvalue weighted by Crippen LogP contribution is 2.23. The molecule has 0 atom stereocenters. The molecule has 144 valence electrons. The number of methoxy groups -OCH3 is 1. The maximum atomic E-state index is 13.3. The number of ether oxygens (including phenoxy) is 2. The molecule has 1 saturated carbocycles. The van der Waals surface area contributed by atoms with Crippen LogP contribution in [0.1, 0.15) is 33.8 Å². The summed E-state index contributed by atoms with van der Waals surface area (Å²) in [5, 5.41) is -0.417. The zero-order valence-corrected chi connectivity index (χ0v) is 15.0. The minimum absolute atomic E-state index is 0.0818. The molecule has 1 aliphatic carbocycles. The van der Waals surface area contributed by atoms with E-state index in [-0.39, 0.29) is 23.1 Å². The maximum absolute atomic E-state index is 13.3. The fourth-order valence-corrected chi connectivity index (χ4v) is 3.47. The number of halogens is 1. The Morgan fingerprint density at radius 1 is 1.26 bits per heavy atom. The fourth-order valence-electron chi connectivity index (χ4n) is 2.23. The van der Waals surface area contributed by atoms with Gasteiger partial charge in [0.25, 0.3) is 10.0 Å². The van der Waals surface area contributed by atoms with E-state index in [1.165, 1.54) is 13.2 Å². The largest absolute Gasteiger partial charge is 0.496 e. The van der Waals surface area contributed by atoms with Crippen LogP contribution in [0, 0.1) is 5.82 Å². The normalized spacial score (nSPS) is 14.0. The van der Waals surface area contributed by atoms with Crippen LogP contribution in [-0.2, 0) is 14.8 Å². The number of furan rings is 1. The quantitative estimate of drug-likeness (QED) is 0.535. The average Bonchev–Trinajstić information content (AvgIpc) is 3.28. The molecular formula is C17H16FNO7S. The van der Waals surface area contributed by atoms with Gasteiger partial charge >= 0.3 is 5.97 Å². The van der Waals surface area contributed by atoms with Crippen LogP contribution in [0.15, 0.2) is 39.8 Å². The van der Waals surface area contributed by atoms with Crippen LogP contribution in [0.25, 0.3) is 0 Å². The molecule has 1 fully saturated rings. The van der Waals surface area contributed by atoms with Gasteiger partial charge in [-0.3, -0.25) is 4.79 Å². The topological polar surface area (TPSA) is 112 Å². The van der Waals surface area contributed by atoms with Gasteiger partial charge in [-0.15, -0.1) is 0 Å². The number of hydrogen-bond acceptors (Lipinski definition) is 7. The van der Waals surface area contributed by atoms with E-state index in [9.17, 15) is 22.4 Å². The summed E-state index contributed by atoms with van der Waals surface area (Å²) in [6.45, 7) is -0.693. The van der Waals surface area contributed by atoms with Gasteiger partial charge in [0.15, 0.2) is 6.61 Å². The molecule has 1 N–H and O–H groups in total. The van der Waals surface area contributed by atoms with Gasteiger partial charge in [-0.2, -0.15) is 0 Å². The van der Waals surface area contributed by atoms with E-state index >= 15 is 0 Å². The summed E-state index contributed by atoms with van der Waals surface area (Å²) in [5.41, 5.74) is -0.0818. The highest BCUT2D eigenvalue weighted by Gasteiger charge is 2.30. The summed E-state index contributed by atoms with van der Waals surface area (Å²) in [7, 11) is -2.53. The average molecular weight is 397 g/mol. The molecule has 1 aliphatic rings. The standard InChI is InChI=1S/C17H16FNO7S/c1-24-14-5-2-10(18)8-12(14)13(20)9-25-17(21)15-6-7-16(26-15)27(22,23)19-11-3-4-11/h2,5-8,11,19H,3-4,9H2,1H3. The molecule has 0 saturated heterocycles. The SMILES string of the molecule is COc1ccc(F)cc1C(=O)COC(=O)c1ccc(S(=O)(=O)NC2CC2)o1. The molecule has 0 amide bonds. The Hall–Kier alpha value is -2.72. The second kappa shape index (κ2) is 7.49. The Kier molecular flexibility index (Phi) is 5.29. The number of ketones is 1. The molecule has 8 nitrogen and oxygen atoms in total. The van der Waals surface area contributed by atoms with Gasteiger partial charge in [0, 0.05) is 6.04 Å². The van der Waals surface area contributed by atoms with E-state index in [0.29, 0.717) is 0 Å². The van der Waals surface area contributed by atoms with Crippen molar-refractivity contribution in [1.29, 1.82) is 0 Å². The molecule has 1 heterocycles. The second-order valence-corrected chi connectivity index (χ2v) is 7.50. The van der Waals surface area contributed by atoms with Gasteiger partial charge in [0.2, 0.25) is 16.6 Å². The first-order valence-corrected chi connectivity index (χ1v) is 9.44. The lowest BCUT2D eigenvalue weighted by molar-refractivity contribution is 0.0438. The lowest BCUT2D eigenvalue weighted by Gasteiger charge is -2.08. The molecule has 1 aromatic heterocycles. The van der Waals surface area contributed by atoms with Crippen molar-refractivity contribution in [2.24, 2.45) is 0 Å². The van der Waals surface area contributed by atoms with Gasteiger partial charge < -0.3 is 13.9 Å². The third-order valence-electron chi connectivity index (χ3n) is 3.74. The van der Waals surface area contributed by atoms with Gasteiger partial charge in [-0.1, -0.05) is 0 Å². The summed E-state index contributed by atoms with van der Waals surface area (Å²) in [6, 6.07) is 5.52. The highest BCUT2D eigenvalue weighted by molar-refractivity contribution is 7.89. The number of Topliss-reactive ketones (excluding diaryl/α,β-unsaturated/α-hetero) is 1. The van der Waals surface area contributed by atoms with E-state index in [4.69, 9.17) is 13.9 Å². The molecule has 0 bridgehead atoms. The van der Waals surface area contributed by atoms with Gasteiger partial charge in [-0.25, -0.2) is 22.3 Å². The van der Waals surface area contributed by atoms with Gasteiger partial charge in [-0.05, 0) is 43.2 Å². The van der Waals surface area contributed by atoms with Gasteiger partial charge in [0.05, 0.1) is 12.7 Å². The minimum Gasteiger partial charge on any atom is -0.496 e.